The van der Waals surface area contributed by atoms with Crippen molar-refractivity contribution in [1.29, 1.82) is 0 Å². The summed E-state index contributed by atoms with van der Waals surface area (Å²) in [5.74, 6) is -9.77. The predicted octanol–water partition coefficient (Wildman–Crippen LogP) is 1.000. The molecule has 0 spiro atoms. The number of carboxylic acids is 4. The second-order valence-corrected chi connectivity index (χ2v) is 6.54. The third-order valence-corrected chi connectivity index (χ3v) is 5.64. The van der Waals surface area contributed by atoms with E-state index in [2.05, 4.69) is 0 Å². The van der Waals surface area contributed by atoms with Gasteiger partial charge in [-0.2, -0.15) is 0 Å². The van der Waals surface area contributed by atoms with E-state index in [0.717, 1.165) is 0 Å². The fraction of sp³-hybridized carbons (Fsp3) is 0.733. The van der Waals surface area contributed by atoms with E-state index in [9.17, 15) is 39.6 Å². The topological polar surface area (TPSA) is 149 Å². The first-order valence-corrected chi connectivity index (χ1v) is 7.60. The zero-order chi connectivity index (χ0) is 17.5. The Morgan fingerprint density at radius 2 is 1.43 bits per heavy atom. The number of rotatable bonds is 6. The number of carbonyl (C=O) groups is 4. The molecule has 8 heteroatoms. The van der Waals surface area contributed by atoms with Gasteiger partial charge < -0.3 is 20.4 Å². The van der Waals surface area contributed by atoms with Gasteiger partial charge >= 0.3 is 23.9 Å². The Morgan fingerprint density at radius 1 is 0.913 bits per heavy atom. The Balaban J connectivity index is 2.43. The van der Waals surface area contributed by atoms with Crippen molar-refractivity contribution in [3.8, 4) is 0 Å². The maximum Gasteiger partial charge on any atom is 0.310 e. The van der Waals surface area contributed by atoms with E-state index >= 15 is 0 Å². The molecule has 0 radical (unpaired) electrons. The van der Waals surface area contributed by atoms with Gasteiger partial charge in [-0.05, 0) is 31.1 Å². The third kappa shape index (κ3) is 2.36. The van der Waals surface area contributed by atoms with E-state index in [-0.39, 0.29) is 19.3 Å². The van der Waals surface area contributed by atoms with Crippen LogP contribution >= 0.6 is 0 Å². The summed E-state index contributed by atoms with van der Waals surface area (Å²) >= 11 is 0. The van der Waals surface area contributed by atoms with Gasteiger partial charge in [-0.3, -0.25) is 19.2 Å². The van der Waals surface area contributed by atoms with E-state index < -0.39 is 58.9 Å². The maximum atomic E-state index is 11.8. The minimum absolute atomic E-state index is 0.104. The molecule has 0 aromatic heterocycles. The van der Waals surface area contributed by atoms with E-state index in [4.69, 9.17) is 0 Å². The van der Waals surface area contributed by atoms with Gasteiger partial charge in [0.15, 0.2) is 0 Å². The highest BCUT2D eigenvalue weighted by Gasteiger charge is 2.71. The molecule has 8 nitrogen and oxygen atoms in total. The van der Waals surface area contributed by atoms with E-state index in [1.54, 1.807) is 6.92 Å². The normalized spacial score (nSPS) is 38.9. The molecule has 2 aliphatic rings. The molecule has 128 valence electrons. The summed E-state index contributed by atoms with van der Waals surface area (Å²) in [4.78, 5) is 46.1. The molecule has 0 heterocycles. The second kappa shape index (κ2) is 5.82. The van der Waals surface area contributed by atoms with E-state index in [0.29, 0.717) is 6.42 Å². The average molecular weight is 328 g/mol. The summed E-state index contributed by atoms with van der Waals surface area (Å²) in [6, 6.07) is 0. The first-order chi connectivity index (χ1) is 10.7. The summed E-state index contributed by atoms with van der Waals surface area (Å²) in [7, 11) is 0. The lowest BCUT2D eigenvalue weighted by molar-refractivity contribution is -0.216. The quantitative estimate of drug-likeness (QED) is 0.564. The van der Waals surface area contributed by atoms with Crippen LogP contribution in [0.1, 0.15) is 32.6 Å². The molecule has 2 rings (SSSR count). The van der Waals surface area contributed by atoms with Crippen LogP contribution < -0.4 is 0 Å². The molecule has 0 bridgehead atoms. The number of aliphatic carboxylic acids is 4. The highest BCUT2D eigenvalue weighted by Crippen LogP contribution is 2.65. The monoisotopic (exact) mass is 328 g/mol. The Morgan fingerprint density at radius 3 is 1.83 bits per heavy atom. The molecule has 4 N–H and O–H groups in total. The molecule has 2 saturated carbocycles. The summed E-state index contributed by atoms with van der Waals surface area (Å²) in [5, 5.41) is 37.6. The number of fused-ring (bicyclic) bond motifs is 1. The van der Waals surface area contributed by atoms with Crippen LogP contribution in [-0.4, -0.2) is 44.3 Å². The third-order valence-electron chi connectivity index (χ3n) is 5.64. The van der Waals surface area contributed by atoms with Crippen LogP contribution in [-0.2, 0) is 19.2 Å². The molecule has 2 fully saturated rings. The van der Waals surface area contributed by atoms with Gasteiger partial charge in [0.05, 0.1) is 23.2 Å². The van der Waals surface area contributed by atoms with Crippen molar-refractivity contribution < 1.29 is 39.6 Å². The molecule has 23 heavy (non-hydrogen) atoms. The Hall–Kier alpha value is -2.12. The number of carboxylic acid groups (broad SMARTS) is 4. The first-order valence-electron chi connectivity index (χ1n) is 7.60. The van der Waals surface area contributed by atoms with Crippen LogP contribution in [0.25, 0.3) is 0 Å². The van der Waals surface area contributed by atoms with Crippen LogP contribution in [0.5, 0.6) is 0 Å². The van der Waals surface area contributed by atoms with Crippen LogP contribution in [0.15, 0.2) is 0 Å². The molecule has 0 aromatic rings. The van der Waals surface area contributed by atoms with Gasteiger partial charge in [0.2, 0.25) is 0 Å². The first kappa shape index (κ1) is 17.2. The molecule has 0 aliphatic heterocycles. The van der Waals surface area contributed by atoms with Crippen molar-refractivity contribution in [1.82, 2.24) is 0 Å². The molecular weight excluding hydrogens is 308 g/mol. The minimum atomic E-state index is -1.50. The smallest absolute Gasteiger partial charge is 0.310 e. The zero-order valence-corrected chi connectivity index (χ0v) is 12.6. The zero-order valence-electron chi connectivity index (χ0n) is 12.6. The Kier molecular flexibility index (Phi) is 4.37. The standard InChI is InChI=1S/C15H20O8/c1-2-3-15(14(22)23)9-5-7(12(18)19)6(11(16)17)4-8(9)10(15)13(20)21/h6-10H,2-5H2,1H3,(H,16,17)(H,18,19)(H,20,21)(H,22,23). The molecule has 6 unspecified atom stereocenters. The lowest BCUT2D eigenvalue weighted by atomic mass is 9.40. The predicted molar refractivity (Wildman–Crippen MR) is 74.6 cm³/mol. The van der Waals surface area contributed by atoms with Crippen molar-refractivity contribution in [2.75, 3.05) is 0 Å². The van der Waals surface area contributed by atoms with Crippen LogP contribution in [0, 0.1) is 35.0 Å². The van der Waals surface area contributed by atoms with Crippen molar-refractivity contribution >= 4 is 23.9 Å². The van der Waals surface area contributed by atoms with Gasteiger partial charge in [-0.25, -0.2) is 0 Å². The molecule has 0 saturated heterocycles. The van der Waals surface area contributed by atoms with Crippen LogP contribution in [0.2, 0.25) is 0 Å². The highest BCUT2D eigenvalue weighted by molar-refractivity contribution is 5.88. The molecule has 6 atom stereocenters. The van der Waals surface area contributed by atoms with Gasteiger partial charge in [0, 0.05) is 0 Å². The molecule has 2 aliphatic carbocycles. The summed E-state index contributed by atoms with van der Waals surface area (Å²) in [6.45, 7) is 1.74. The Bertz CT molecular complexity index is 556. The van der Waals surface area contributed by atoms with E-state index in [1.807, 2.05) is 0 Å². The summed E-state index contributed by atoms with van der Waals surface area (Å²) in [5.41, 5.74) is -1.50. The van der Waals surface area contributed by atoms with Gasteiger partial charge in [-0.1, -0.05) is 13.3 Å². The fourth-order valence-electron chi connectivity index (χ4n) is 4.79. The van der Waals surface area contributed by atoms with Gasteiger partial charge in [-0.15, -0.1) is 0 Å². The molecule has 0 aromatic carbocycles. The Labute approximate surface area is 132 Å². The lowest BCUT2D eigenvalue weighted by Crippen LogP contribution is -2.66. The van der Waals surface area contributed by atoms with Crippen LogP contribution in [0.3, 0.4) is 0 Å². The summed E-state index contributed by atoms with van der Waals surface area (Å²) in [6.07, 6.45) is 0.393. The average Bonchev–Trinajstić information content (AvgIpc) is 2.42. The van der Waals surface area contributed by atoms with Crippen molar-refractivity contribution in [3.05, 3.63) is 0 Å². The van der Waals surface area contributed by atoms with Crippen molar-refractivity contribution in [2.24, 2.45) is 35.0 Å². The highest BCUT2D eigenvalue weighted by atomic mass is 16.4. The van der Waals surface area contributed by atoms with Crippen molar-refractivity contribution in [2.45, 2.75) is 32.6 Å². The SMILES string of the molecule is CCCC1(C(=O)O)C2CC(C(=O)O)C(C(=O)O)CC2C1C(=O)O. The maximum absolute atomic E-state index is 11.8. The fourth-order valence-corrected chi connectivity index (χ4v) is 4.79. The molecular formula is C15H20O8. The van der Waals surface area contributed by atoms with Crippen LogP contribution in [0.4, 0.5) is 0 Å². The number of hydrogen-bond acceptors (Lipinski definition) is 4. The van der Waals surface area contributed by atoms with Gasteiger partial charge in [0.25, 0.3) is 0 Å². The molecule has 0 amide bonds. The number of hydrogen-bond donors (Lipinski definition) is 4. The van der Waals surface area contributed by atoms with Gasteiger partial charge in [0.1, 0.15) is 0 Å². The lowest BCUT2D eigenvalue weighted by Gasteiger charge is -2.61. The summed E-state index contributed by atoms with van der Waals surface area (Å²) < 4.78 is 0. The van der Waals surface area contributed by atoms with Crippen molar-refractivity contribution in [3.63, 3.8) is 0 Å². The second-order valence-electron chi connectivity index (χ2n) is 6.54. The largest absolute Gasteiger partial charge is 0.481 e. The van der Waals surface area contributed by atoms with E-state index in [1.165, 1.54) is 0 Å². The minimum Gasteiger partial charge on any atom is -0.481 e.